The van der Waals surface area contributed by atoms with Gasteiger partial charge in [-0.25, -0.2) is 4.79 Å². The smallest absolute Gasteiger partial charge is 0.407 e. The van der Waals surface area contributed by atoms with E-state index in [1.165, 1.54) is 0 Å². The number of carboxylic acid groups (broad SMARTS) is 1. The Labute approximate surface area is 200 Å². The monoisotopic (exact) mass is 466 g/mol. The summed E-state index contributed by atoms with van der Waals surface area (Å²) in [5, 5.41) is 15.0. The molecule has 34 heavy (non-hydrogen) atoms. The molecule has 2 amide bonds. The quantitative estimate of drug-likeness (QED) is 0.476. The summed E-state index contributed by atoms with van der Waals surface area (Å²) < 4.78 is 5.56. The van der Waals surface area contributed by atoms with Gasteiger partial charge in [0.05, 0.1) is 11.3 Å². The van der Waals surface area contributed by atoms with Gasteiger partial charge in [0.2, 0.25) is 5.91 Å². The average Bonchev–Trinajstić information content (AvgIpc) is 3.16. The van der Waals surface area contributed by atoms with Crippen molar-refractivity contribution in [3.63, 3.8) is 0 Å². The molecule has 0 bridgehead atoms. The Kier molecular flexibility index (Phi) is 7.97. The number of carbonyl (C=O) groups is 3. The second-order valence-corrected chi connectivity index (χ2v) is 9.06. The summed E-state index contributed by atoms with van der Waals surface area (Å²) in [6, 6.07) is 15.7. The summed E-state index contributed by atoms with van der Waals surface area (Å²) in [5.41, 5.74) is 3.58. The summed E-state index contributed by atoms with van der Waals surface area (Å²) in [6.45, 7) is 7.28. The van der Waals surface area contributed by atoms with E-state index in [-0.39, 0.29) is 25.0 Å². The lowest BCUT2D eigenvalue weighted by atomic mass is 9.82. The third-order valence-corrected chi connectivity index (χ3v) is 7.26. The van der Waals surface area contributed by atoms with Gasteiger partial charge in [0.15, 0.2) is 0 Å². The molecule has 0 fully saturated rings. The van der Waals surface area contributed by atoms with Crippen molar-refractivity contribution in [1.29, 1.82) is 0 Å². The fourth-order valence-electron chi connectivity index (χ4n) is 4.47. The molecule has 2 unspecified atom stereocenters. The van der Waals surface area contributed by atoms with E-state index in [0.717, 1.165) is 22.3 Å². The Morgan fingerprint density at radius 2 is 1.50 bits per heavy atom. The number of fused-ring (bicyclic) bond motifs is 3. The van der Waals surface area contributed by atoms with Crippen molar-refractivity contribution in [3.05, 3.63) is 59.7 Å². The average molecular weight is 467 g/mol. The number of rotatable bonds is 10. The van der Waals surface area contributed by atoms with E-state index in [9.17, 15) is 19.5 Å². The first-order chi connectivity index (χ1) is 16.2. The largest absolute Gasteiger partial charge is 0.481 e. The summed E-state index contributed by atoms with van der Waals surface area (Å²) in [7, 11) is 0. The second kappa shape index (κ2) is 10.7. The lowest BCUT2D eigenvalue weighted by Gasteiger charge is -2.28. The van der Waals surface area contributed by atoms with E-state index in [1.54, 1.807) is 27.7 Å². The number of amides is 2. The Morgan fingerprint density at radius 1 is 0.971 bits per heavy atom. The first kappa shape index (κ1) is 25.3. The lowest BCUT2D eigenvalue weighted by molar-refractivity contribution is -0.149. The van der Waals surface area contributed by atoms with Crippen LogP contribution in [0.2, 0.25) is 0 Å². The molecule has 0 heterocycles. The van der Waals surface area contributed by atoms with Gasteiger partial charge in [0.1, 0.15) is 6.61 Å². The Morgan fingerprint density at radius 3 is 2.00 bits per heavy atom. The third-order valence-electron chi connectivity index (χ3n) is 7.26. The van der Waals surface area contributed by atoms with Gasteiger partial charge < -0.3 is 20.5 Å². The maximum atomic E-state index is 12.6. The van der Waals surface area contributed by atoms with Crippen molar-refractivity contribution >= 4 is 18.0 Å². The SMILES string of the molecule is CCC(CC)(CNC(=O)C(C)C(C)NC(=O)OCC1c2ccccc2-c2ccccc21)C(=O)O. The summed E-state index contributed by atoms with van der Waals surface area (Å²) in [5.74, 6) is -1.82. The van der Waals surface area contributed by atoms with E-state index in [4.69, 9.17) is 4.74 Å². The number of alkyl carbamates (subject to hydrolysis) is 1. The highest BCUT2D eigenvalue weighted by molar-refractivity contribution is 5.82. The summed E-state index contributed by atoms with van der Waals surface area (Å²) in [4.78, 5) is 36.8. The number of nitrogens with one attached hydrogen (secondary N) is 2. The van der Waals surface area contributed by atoms with Crippen LogP contribution < -0.4 is 10.6 Å². The highest BCUT2D eigenvalue weighted by atomic mass is 16.5. The predicted octanol–water partition coefficient (Wildman–Crippen LogP) is 4.56. The molecule has 0 aromatic heterocycles. The van der Waals surface area contributed by atoms with E-state index in [0.29, 0.717) is 12.8 Å². The van der Waals surface area contributed by atoms with Gasteiger partial charge in [-0.1, -0.05) is 69.3 Å². The highest BCUT2D eigenvalue weighted by Crippen LogP contribution is 2.44. The number of ether oxygens (including phenoxy) is 1. The van der Waals surface area contributed by atoms with Crippen LogP contribution in [0.15, 0.2) is 48.5 Å². The lowest BCUT2D eigenvalue weighted by Crippen LogP contribution is -2.48. The zero-order valence-corrected chi connectivity index (χ0v) is 20.3. The standard InChI is InChI=1S/C27H34N2O5/c1-5-27(6-2,25(31)32)16-28-24(30)17(3)18(4)29-26(33)34-15-23-21-13-9-7-11-19(21)20-12-8-10-14-22(20)23/h7-14,17-18,23H,5-6,15-16H2,1-4H3,(H,28,30)(H,29,33)(H,31,32). The van der Waals surface area contributed by atoms with Crippen molar-refractivity contribution in [2.24, 2.45) is 11.3 Å². The van der Waals surface area contributed by atoms with Gasteiger partial charge in [-0.2, -0.15) is 0 Å². The summed E-state index contributed by atoms with van der Waals surface area (Å²) in [6.07, 6.45) is 0.248. The van der Waals surface area contributed by atoms with Gasteiger partial charge >= 0.3 is 12.1 Å². The molecule has 0 saturated heterocycles. The molecule has 0 radical (unpaired) electrons. The summed E-state index contributed by atoms with van der Waals surface area (Å²) >= 11 is 0. The molecule has 0 saturated carbocycles. The number of benzene rings is 2. The molecule has 3 rings (SSSR count). The number of aliphatic carboxylic acids is 1. The molecule has 1 aliphatic carbocycles. The first-order valence-electron chi connectivity index (χ1n) is 11.9. The highest BCUT2D eigenvalue weighted by Gasteiger charge is 2.36. The van der Waals surface area contributed by atoms with Crippen LogP contribution in [0.3, 0.4) is 0 Å². The molecule has 182 valence electrons. The minimum absolute atomic E-state index is 0.0404. The third kappa shape index (κ3) is 5.08. The zero-order chi connectivity index (χ0) is 24.9. The van der Waals surface area contributed by atoms with Gasteiger partial charge in [-0.3, -0.25) is 9.59 Å². The van der Waals surface area contributed by atoms with Crippen LogP contribution in [0.5, 0.6) is 0 Å². The Hall–Kier alpha value is -3.35. The number of carbonyl (C=O) groups excluding carboxylic acids is 2. The molecule has 2 aromatic rings. The predicted molar refractivity (Wildman–Crippen MR) is 130 cm³/mol. The van der Waals surface area contributed by atoms with Crippen LogP contribution in [0.1, 0.15) is 57.6 Å². The fraction of sp³-hybridized carbons (Fsp3) is 0.444. The zero-order valence-electron chi connectivity index (χ0n) is 20.3. The van der Waals surface area contributed by atoms with Crippen LogP contribution in [-0.2, 0) is 14.3 Å². The van der Waals surface area contributed by atoms with Crippen LogP contribution in [0.4, 0.5) is 4.79 Å². The fourth-order valence-corrected chi connectivity index (χ4v) is 4.47. The van der Waals surface area contributed by atoms with Crippen molar-refractivity contribution in [2.75, 3.05) is 13.2 Å². The molecule has 1 aliphatic rings. The molecular formula is C27H34N2O5. The van der Waals surface area contributed by atoms with Crippen LogP contribution in [0.25, 0.3) is 11.1 Å². The number of hydrogen-bond donors (Lipinski definition) is 3. The van der Waals surface area contributed by atoms with Crippen LogP contribution in [-0.4, -0.2) is 42.3 Å². The van der Waals surface area contributed by atoms with E-state index >= 15 is 0 Å². The topological polar surface area (TPSA) is 105 Å². The van der Waals surface area contributed by atoms with Gasteiger partial charge in [0.25, 0.3) is 0 Å². The van der Waals surface area contributed by atoms with Gasteiger partial charge in [0, 0.05) is 18.5 Å². The molecular weight excluding hydrogens is 432 g/mol. The van der Waals surface area contributed by atoms with Crippen molar-refractivity contribution in [2.45, 2.75) is 52.5 Å². The van der Waals surface area contributed by atoms with E-state index < -0.39 is 29.4 Å². The van der Waals surface area contributed by atoms with E-state index in [1.807, 2.05) is 24.3 Å². The number of hydrogen-bond acceptors (Lipinski definition) is 4. The van der Waals surface area contributed by atoms with Crippen LogP contribution >= 0.6 is 0 Å². The van der Waals surface area contributed by atoms with E-state index in [2.05, 4.69) is 34.9 Å². The molecule has 7 nitrogen and oxygen atoms in total. The molecule has 2 atom stereocenters. The molecule has 7 heteroatoms. The van der Waals surface area contributed by atoms with Crippen molar-refractivity contribution < 1.29 is 24.2 Å². The minimum atomic E-state index is -0.987. The first-order valence-corrected chi connectivity index (χ1v) is 11.9. The molecule has 0 spiro atoms. The van der Waals surface area contributed by atoms with Gasteiger partial charge in [-0.05, 0) is 42.0 Å². The van der Waals surface area contributed by atoms with Crippen molar-refractivity contribution in [3.8, 4) is 11.1 Å². The minimum Gasteiger partial charge on any atom is -0.481 e. The molecule has 2 aromatic carbocycles. The van der Waals surface area contributed by atoms with Crippen LogP contribution in [0, 0.1) is 11.3 Å². The Balaban J connectivity index is 1.55. The molecule has 0 aliphatic heterocycles. The maximum absolute atomic E-state index is 12.6. The maximum Gasteiger partial charge on any atom is 0.407 e. The van der Waals surface area contributed by atoms with Gasteiger partial charge in [-0.15, -0.1) is 0 Å². The normalized spacial score (nSPS) is 14.5. The van der Waals surface area contributed by atoms with Crippen molar-refractivity contribution in [1.82, 2.24) is 10.6 Å². The second-order valence-electron chi connectivity index (χ2n) is 9.06. The number of carboxylic acids is 1. The molecule has 3 N–H and O–H groups in total. The Bertz CT molecular complexity index is 1000.